The molecule has 89 heavy (non-hydrogen) atoms. The third-order valence-corrected chi connectivity index (χ3v) is 17.2. The van der Waals surface area contributed by atoms with Crippen LogP contribution in [0.15, 0.2) is 109 Å². The highest BCUT2D eigenvalue weighted by atomic mass is 31.2. The Morgan fingerprint density at radius 3 is 1.10 bits per heavy atom. The fourth-order valence-corrected chi connectivity index (χ4v) is 11.2. The molecule has 514 valence electrons. The fraction of sp³-hybridized carbons (Fsp3) is 0.747. The second-order valence-corrected chi connectivity index (χ2v) is 27.5. The number of hydrogen-bond acceptors (Lipinski definition) is 6. The van der Waals surface area contributed by atoms with Gasteiger partial charge in [-0.25, -0.2) is 4.57 Å². The molecular weight excluding hydrogens is 1120 g/mol. The van der Waals surface area contributed by atoms with Gasteiger partial charge in [0.2, 0.25) is 5.91 Å². The van der Waals surface area contributed by atoms with Crippen LogP contribution in [0.5, 0.6) is 0 Å². The Morgan fingerprint density at radius 2 is 0.719 bits per heavy atom. The smallest absolute Gasteiger partial charge is 0.456 e. The Balaban J connectivity index is 4.99. The Morgan fingerprint density at radius 1 is 0.404 bits per heavy atom. The van der Waals surface area contributed by atoms with E-state index in [0.717, 1.165) is 116 Å². The quantitative estimate of drug-likeness (QED) is 0.0205. The van der Waals surface area contributed by atoms with Crippen LogP contribution in [0.25, 0.3) is 0 Å². The number of allylic oxidation sites excluding steroid dienone is 17. The van der Waals surface area contributed by atoms with E-state index in [1.54, 1.807) is 0 Å². The van der Waals surface area contributed by atoms with E-state index in [4.69, 9.17) is 13.8 Å². The number of hydrogen-bond donors (Lipinski definition) is 2. The largest absolute Gasteiger partial charge is 0.472 e. The lowest BCUT2D eigenvalue weighted by atomic mass is 10.0. The number of quaternary nitrogens is 1. The van der Waals surface area contributed by atoms with E-state index in [9.17, 15) is 19.0 Å². The van der Waals surface area contributed by atoms with Crippen molar-refractivity contribution in [3.05, 3.63) is 109 Å². The van der Waals surface area contributed by atoms with E-state index in [0.29, 0.717) is 17.4 Å². The summed E-state index contributed by atoms with van der Waals surface area (Å²) < 4.78 is 30.8. The number of rotatable bonds is 67. The maximum Gasteiger partial charge on any atom is 0.472 e. The number of ether oxygens (including phenoxy) is 1. The summed E-state index contributed by atoms with van der Waals surface area (Å²) in [6.07, 6.45) is 93.9. The van der Waals surface area contributed by atoms with Gasteiger partial charge in [-0.2, -0.15) is 0 Å². The zero-order valence-corrected chi connectivity index (χ0v) is 59.8. The number of phosphoric acid groups is 1. The predicted octanol–water partition coefficient (Wildman–Crippen LogP) is 24.0. The van der Waals surface area contributed by atoms with E-state index >= 15 is 0 Å². The Hall–Kier alpha value is -3.33. The molecule has 0 aromatic rings. The number of nitrogens with zero attached hydrogens (tertiary/aromatic N) is 1. The Kier molecular flexibility index (Phi) is 65.0. The van der Waals surface area contributed by atoms with E-state index in [1.807, 2.05) is 33.3 Å². The van der Waals surface area contributed by atoms with Crippen LogP contribution in [0, 0.1) is 0 Å². The van der Waals surface area contributed by atoms with Crippen LogP contribution in [0.1, 0.15) is 329 Å². The normalized spacial score (nSPS) is 14.1. The number of amides is 1. The van der Waals surface area contributed by atoms with Crippen LogP contribution >= 0.6 is 7.82 Å². The van der Waals surface area contributed by atoms with Gasteiger partial charge in [0.05, 0.1) is 33.8 Å². The molecule has 2 N–H and O–H groups in total. The number of likely N-dealkylation sites (N-methyl/N-ethyl adjacent to an activating group) is 1. The van der Waals surface area contributed by atoms with Crippen LogP contribution in [0.4, 0.5) is 0 Å². The van der Waals surface area contributed by atoms with Crippen LogP contribution < -0.4 is 5.32 Å². The highest BCUT2D eigenvalue weighted by molar-refractivity contribution is 7.47. The second-order valence-electron chi connectivity index (χ2n) is 26.1. The van der Waals surface area contributed by atoms with Crippen LogP contribution in [0.2, 0.25) is 0 Å². The summed E-state index contributed by atoms with van der Waals surface area (Å²) >= 11 is 0. The zero-order valence-electron chi connectivity index (χ0n) is 58.9. The highest BCUT2D eigenvalue weighted by Gasteiger charge is 2.30. The van der Waals surface area contributed by atoms with Crippen molar-refractivity contribution in [3.63, 3.8) is 0 Å². The van der Waals surface area contributed by atoms with Crippen molar-refractivity contribution in [3.8, 4) is 0 Å². The van der Waals surface area contributed by atoms with E-state index < -0.39 is 20.0 Å². The molecule has 10 heteroatoms. The van der Waals surface area contributed by atoms with Gasteiger partial charge >= 0.3 is 13.8 Å². The standard InChI is InChI=1S/C79H141N2O7P/c1-7-10-13-16-19-22-25-27-29-31-33-35-37-39-40-42-44-46-48-50-52-54-57-60-63-66-69-72-79(83)88-77(70-67-64-61-58-55-24-21-18-15-12-9-3)76(75-87-89(84,85)86-74-73-81(4,5)6)80-78(82)71-68-65-62-59-56-53-51-49-47-45-43-41-38-36-34-32-30-28-26-23-20-17-14-11-8-2/h10,13,19-20,22-23,27-30,33,35,39-40,44,46,67,70,76-77H,7-9,11-12,14-18,21,24-26,31-32,34,36-38,41-43,45,47-66,68-69,71-75H2,1-6H3,(H-,80,82,84,85)/p+1/b13-10-,22-19-,23-20-,29-27-,30-28-,35-33-,40-39-,46-44-,70-67+. The van der Waals surface area contributed by atoms with Gasteiger partial charge in [0.1, 0.15) is 19.3 Å². The molecule has 1 amide bonds. The number of carbonyl (C=O) groups is 2. The van der Waals surface area contributed by atoms with Crippen molar-refractivity contribution in [2.75, 3.05) is 40.9 Å². The molecule has 0 spiro atoms. The van der Waals surface area contributed by atoms with Gasteiger partial charge < -0.3 is 19.4 Å². The average molecular weight is 1260 g/mol. The van der Waals surface area contributed by atoms with Crippen LogP contribution in [-0.4, -0.2) is 74.3 Å². The van der Waals surface area contributed by atoms with Gasteiger partial charge in [-0.1, -0.05) is 310 Å². The zero-order chi connectivity index (χ0) is 64.9. The topological polar surface area (TPSA) is 111 Å². The fourth-order valence-electron chi connectivity index (χ4n) is 10.5. The number of esters is 1. The third-order valence-electron chi connectivity index (χ3n) is 16.2. The molecule has 3 unspecified atom stereocenters. The second kappa shape index (κ2) is 67.6. The molecule has 0 radical (unpaired) electrons. The van der Waals surface area contributed by atoms with Crippen molar-refractivity contribution >= 4 is 19.7 Å². The summed E-state index contributed by atoms with van der Waals surface area (Å²) in [5, 5.41) is 3.07. The van der Waals surface area contributed by atoms with Crippen molar-refractivity contribution < 1.29 is 37.3 Å². The Labute approximate surface area is 551 Å². The lowest BCUT2D eigenvalue weighted by molar-refractivity contribution is -0.870. The molecule has 0 aromatic heterocycles. The monoisotopic (exact) mass is 1260 g/mol. The molecule has 0 fully saturated rings. The molecule has 0 saturated heterocycles. The van der Waals surface area contributed by atoms with Gasteiger partial charge in [-0.3, -0.25) is 18.6 Å². The van der Waals surface area contributed by atoms with E-state index in [1.165, 1.54) is 180 Å². The minimum atomic E-state index is -4.46. The molecule has 0 aliphatic rings. The van der Waals surface area contributed by atoms with Crippen molar-refractivity contribution in [1.29, 1.82) is 0 Å². The van der Waals surface area contributed by atoms with Crippen molar-refractivity contribution in [2.45, 2.75) is 341 Å². The minimum absolute atomic E-state index is 0.0351. The summed E-state index contributed by atoms with van der Waals surface area (Å²) in [7, 11) is 1.49. The minimum Gasteiger partial charge on any atom is -0.456 e. The van der Waals surface area contributed by atoms with Crippen molar-refractivity contribution in [1.82, 2.24) is 5.32 Å². The average Bonchev–Trinajstić information content (AvgIpc) is 3.71. The highest BCUT2D eigenvalue weighted by Crippen LogP contribution is 2.43. The predicted molar refractivity (Wildman–Crippen MR) is 387 cm³/mol. The first-order valence-corrected chi connectivity index (χ1v) is 38.7. The van der Waals surface area contributed by atoms with Gasteiger partial charge in [0.25, 0.3) is 0 Å². The molecule has 0 aliphatic carbocycles. The molecule has 3 atom stereocenters. The molecular formula is C79H142N2O7P+. The van der Waals surface area contributed by atoms with Crippen LogP contribution in [0.3, 0.4) is 0 Å². The summed E-state index contributed by atoms with van der Waals surface area (Å²) in [4.78, 5) is 37.9. The number of nitrogens with one attached hydrogen (secondary N) is 1. The molecule has 9 nitrogen and oxygen atoms in total. The summed E-state index contributed by atoms with van der Waals surface area (Å²) in [5.41, 5.74) is 0. The van der Waals surface area contributed by atoms with E-state index in [-0.39, 0.29) is 31.5 Å². The number of phosphoric ester groups is 1. The van der Waals surface area contributed by atoms with Crippen LogP contribution in [-0.2, 0) is 27.9 Å². The summed E-state index contributed by atoms with van der Waals surface area (Å²) in [6, 6.07) is -0.859. The SMILES string of the molecule is CC/C=C\C/C=C\C/C=C\C/C=C\C/C=C\C/C=C\CCCCCCCCCCC(=O)OC(/C=C/CCCCCCCCCCC)C(COP(=O)(O)OCC[N+](C)(C)C)NC(=O)CCCCCCCCCCCCCCCCC/C=C\C/C=C\CCCCC. The van der Waals surface area contributed by atoms with Gasteiger partial charge in [0, 0.05) is 12.8 Å². The summed E-state index contributed by atoms with van der Waals surface area (Å²) in [6.45, 7) is 6.89. The molecule has 0 rings (SSSR count). The lowest BCUT2D eigenvalue weighted by Gasteiger charge is -2.27. The molecule has 0 saturated carbocycles. The summed E-state index contributed by atoms with van der Waals surface area (Å²) in [5.74, 6) is -0.511. The van der Waals surface area contributed by atoms with Gasteiger partial charge in [0.15, 0.2) is 0 Å². The van der Waals surface area contributed by atoms with E-state index in [2.05, 4.69) is 123 Å². The first-order valence-electron chi connectivity index (χ1n) is 37.2. The molecule has 0 aromatic carbocycles. The molecule has 0 bridgehead atoms. The van der Waals surface area contributed by atoms with Gasteiger partial charge in [-0.15, -0.1) is 0 Å². The maximum atomic E-state index is 13.6. The number of carbonyl (C=O) groups excluding carboxylic acids is 2. The first kappa shape index (κ1) is 85.7. The van der Waals surface area contributed by atoms with Crippen molar-refractivity contribution in [2.24, 2.45) is 0 Å². The first-order chi connectivity index (χ1) is 43.4. The molecule has 0 aliphatic heterocycles. The van der Waals surface area contributed by atoms with Gasteiger partial charge in [-0.05, 0) is 115 Å². The Bertz CT molecular complexity index is 1890. The lowest BCUT2D eigenvalue weighted by Crippen LogP contribution is -2.47. The number of unbranched alkanes of at least 4 members (excludes halogenated alkanes) is 35. The third kappa shape index (κ3) is 68.9. The maximum absolute atomic E-state index is 13.6. The molecule has 0 heterocycles.